The molecular weight excluding hydrogens is 548 g/mol. The fraction of sp³-hybridized carbons (Fsp3) is 0.297. The van der Waals surface area contributed by atoms with Crippen molar-refractivity contribution in [2.45, 2.75) is 44.2 Å². The fourth-order valence-corrected chi connectivity index (χ4v) is 25.2. The monoisotopic (exact) mass is 593 g/mol. The Bertz CT molecular complexity index is 1400. The Balaban J connectivity index is 1.57. The Morgan fingerprint density at radius 3 is 1.50 bits per heavy atom. The van der Waals surface area contributed by atoms with E-state index in [4.69, 9.17) is 6.58 Å². The van der Waals surface area contributed by atoms with Gasteiger partial charge in [0, 0.05) is 0 Å². The van der Waals surface area contributed by atoms with Gasteiger partial charge >= 0.3 is 254 Å². The standard InChI is InChI=1S/C37H45N3P2/c1-3-4-29-40-41(30-31(2)42(40,34-23-13-7-14-24-34)35-25-15-8-16-26-35)36(32-19-9-5-10-20-32)38-27-17-18-28-39(38)37(41)33-21-11-6-12-22-33/h5-16,19-26,36-37,41-42H,2-4,17-18,27-30H2,1H3/t36-,37-/m1/s1. The van der Waals surface area contributed by atoms with E-state index in [0.29, 0.717) is 11.6 Å². The number of benzene rings is 4. The number of allylic oxidation sites excluding steroid dienone is 1. The van der Waals surface area contributed by atoms with Gasteiger partial charge < -0.3 is 0 Å². The summed E-state index contributed by atoms with van der Waals surface area (Å²) < 4.78 is 3.23. The Kier molecular flexibility index (Phi) is 7.91. The number of hydrogen-bond acceptors (Lipinski definition) is 3. The zero-order valence-corrected chi connectivity index (χ0v) is 26.9. The van der Waals surface area contributed by atoms with Gasteiger partial charge in [-0.3, -0.25) is 0 Å². The summed E-state index contributed by atoms with van der Waals surface area (Å²) in [5.74, 6) is 0.777. The molecule has 3 aliphatic heterocycles. The van der Waals surface area contributed by atoms with Gasteiger partial charge in [0.05, 0.1) is 0 Å². The predicted molar refractivity (Wildman–Crippen MR) is 185 cm³/mol. The normalized spacial score (nSPS) is 25.3. The second kappa shape index (κ2) is 11.8. The van der Waals surface area contributed by atoms with Crippen molar-refractivity contribution >= 4 is 25.4 Å². The summed E-state index contributed by atoms with van der Waals surface area (Å²) in [5.41, 5.74) is 2.99. The van der Waals surface area contributed by atoms with Crippen LogP contribution in [0.25, 0.3) is 0 Å². The van der Waals surface area contributed by atoms with E-state index in [1.165, 1.54) is 52.7 Å². The van der Waals surface area contributed by atoms with Crippen LogP contribution in [0.5, 0.6) is 0 Å². The summed E-state index contributed by atoms with van der Waals surface area (Å²) in [5, 5.41) is 10.2. The van der Waals surface area contributed by atoms with Gasteiger partial charge in [0.15, 0.2) is 0 Å². The first-order valence-corrected chi connectivity index (χ1v) is 20.2. The van der Waals surface area contributed by atoms with Crippen LogP contribution >= 0.6 is 14.8 Å². The minimum atomic E-state index is -2.56. The van der Waals surface area contributed by atoms with Gasteiger partial charge in [0.1, 0.15) is 0 Å². The molecule has 0 N–H and O–H groups in total. The first-order valence-electron chi connectivity index (χ1n) is 15.9. The van der Waals surface area contributed by atoms with Gasteiger partial charge in [0.25, 0.3) is 0 Å². The maximum absolute atomic E-state index is 5.13. The first kappa shape index (κ1) is 28.1. The molecule has 0 aromatic heterocycles. The molecule has 2 atom stereocenters. The first-order chi connectivity index (χ1) is 20.7. The third-order valence-electron chi connectivity index (χ3n) is 10.2. The summed E-state index contributed by atoms with van der Waals surface area (Å²) in [6.07, 6.45) is 6.07. The van der Waals surface area contributed by atoms with E-state index in [2.05, 4.69) is 143 Å². The Hall–Kier alpha value is -2.64. The van der Waals surface area contributed by atoms with Crippen LogP contribution in [0.4, 0.5) is 0 Å². The van der Waals surface area contributed by atoms with Crippen LogP contribution in [0.15, 0.2) is 133 Å². The van der Waals surface area contributed by atoms with E-state index in [1.54, 1.807) is 0 Å². The van der Waals surface area contributed by atoms with Crippen LogP contribution in [-0.2, 0) is 0 Å². The van der Waals surface area contributed by atoms with E-state index in [0.717, 1.165) is 25.8 Å². The van der Waals surface area contributed by atoms with Crippen LogP contribution in [-0.4, -0.2) is 40.3 Å². The Morgan fingerprint density at radius 1 is 0.643 bits per heavy atom. The molecule has 0 bridgehead atoms. The Labute approximate surface area is 253 Å². The summed E-state index contributed by atoms with van der Waals surface area (Å²) in [6.45, 7) is 10.9. The maximum atomic E-state index is 5.13. The van der Waals surface area contributed by atoms with Crippen molar-refractivity contribution in [3.8, 4) is 0 Å². The molecule has 0 amide bonds. The molecule has 218 valence electrons. The zero-order valence-electron chi connectivity index (χ0n) is 24.9. The number of nitrogens with zero attached hydrogens (tertiary/aromatic N) is 3. The van der Waals surface area contributed by atoms with Crippen molar-refractivity contribution in [2.75, 3.05) is 25.8 Å². The molecule has 0 aliphatic carbocycles. The molecular formula is C37H45N3P2. The van der Waals surface area contributed by atoms with Gasteiger partial charge in [-0.1, -0.05) is 0 Å². The molecule has 0 radical (unpaired) electrons. The second-order valence-corrected chi connectivity index (χ2v) is 20.6. The zero-order chi connectivity index (χ0) is 28.6. The number of fused-ring (bicyclic) bond motifs is 1. The van der Waals surface area contributed by atoms with Crippen LogP contribution in [0.1, 0.15) is 55.3 Å². The van der Waals surface area contributed by atoms with E-state index in [9.17, 15) is 0 Å². The average Bonchev–Trinajstić information content (AvgIpc) is 3.48. The number of rotatable bonds is 7. The molecule has 1 spiro atoms. The van der Waals surface area contributed by atoms with Crippen molar-refractivity contribution < 1.29 is 0 Å². The second-order valence-electron chi connectivity index (χ2n) is 12.4. The number of hydrazine groups is 1. The van der Waals surface area contributed by atoms with Crippen LogP contribution in [0.2, 0.25) is 0 Å². The quantitative estimate of drug-likeness (QED) is 0.200. The van der Waals surface area contributed by atoms with Gasteiger partial charge in [0.2, 0.25) is 0 Å². The fourth-order valence-electron chi connectivity index (χ4n) is 8.71. The SMILES string of the molecule is C=C1C[PH]2([C@H](c3ccccc3)N3CCCCN3[C@H]2c2ccccc2)N(CCCC)[PH]1(c1ccccc1)c1ccccc1. The number of hydrogen-bond donors (Lipinski definition) is 0. The third-order valence-corrected chi connectivity index (χ3v) is 22.7. The molecule has 3 saturated heterocycles. The molecule has 5 heteroatoms. The van der Waals surface area contributed by atoms with Crippen molar-refractivity contribution in [1.29, 1.82) is 0 Å². The van der Waals surface area contributed by atoms with Gasteiger partial charge in [-0.05, 0) is 0 Å². The molecule has 3 fully saturated rings. The van der Waals surface area contributed by atoms with Crippen LogP contribution < -0.4 is 10.6 Å². The van der Waals surface area contributed by atoms with E-state index in [-0.39, 0.29) is 0 Å². The van der Waals surface area contributed by atoms with Crippen molar-refractivity contribution in [3.05, 3.63) is 144 Å². The van der Waals surface area contributed by atoms with Crippen molar-refractivity contribution in [3.63, 3.8) is 0 Å². The molecule has 7 rings (SSSR count). The molecule has 42 heavy (non-hydrogen) atoms. The van der Waals surface area contributed by atoms with Crippen molar-refractivity contribution in [1.82, 2.24) is 14.5 Å². The molecule has 0 unspecified atom stereocenters. The van der Waals surface area contributed by atoms with E-state index in [1.807, 2.05) is 0 Å². The molecule has 4 aromatic carbocycles. The van der Waals surface area contributed by atoms with Gasteiger partial charge in [-0.25, -0.2) is 0 Å². The summed E-state index contributed by atoms with van der Waals surface area (Å²) in [7, 11) is -4.98. The topological polar surface area (TPSA) is 9.72 Å². The molecule has 0 saturated carbocycles. The molecule has 4 aromatic rings. The molecule has 3 nitrogen and oxygen atoms in total. The molecule has 3 heterocycles. The average molecular weight is 594 g/mol. The molecule has 3 aliphatic rings. The predicted octanol–water partition coefficient (Wildman–Crippen LogP) is 8.32. The van der Waals surface area contributed by atoms with Crippen LogP contribution in [0.3, 0.4) is 0 Å². The Morgan fingerprint density at radius 2 is 1.07 bits per heavy atom. The summed E-state index contributed by atoms with van der Waals surface area (Å²) in [6, 6.07) is 46.2. The van der Waals surface area contributed by atoms with Gasteiger partial charge in [-0.2, -0.15) is 0 Å². The third kappa shape index (κ3) is 4.29. The minimum absolute atomic E-state index is 0.389. The van der Waals surface area contributed by atoms with E-state index < -0.39 is 14.8 Å². The van der Waals surface area contributed by atoms with Crippen molar-refractivity contribution in [2.24, 2.45) is 0 Å². The summed E-state index contributed by atoms with van der Waals surface area (Å²) in [4.78, 5) is 0. The van der Waals surface area contributed by atoms with E-state index >= 15 is 0 Å². The summed E-state index contributed by atoms with van der Waals surface area (Å²) >= 11 is 0. The van der Waals surface area contributed by atoms with Crippen LogP contribution in [0, 0.1) is 0 Å². The van der Waals surface area contributed by atoms with Gasteiger partial charge in [-0.15, -0.1) is 0 Å². The number of unbranched alkanes of at least 4 members (excludes halogenated alkanes) is 1.